The molecule has 2 aliphatic heterocycles. The molecule has 1 aromatic carbocycles. The lowest BCUT2D eigenvalue weighted by Gasteiger charge is -2.55. The van der Waals surface area contributed by atoms with Crippen LogP contribution >= 0.6 is 0 Å². The second-order valence-corrected chi connectivity index (χ2v) is 16.3. The number of hydrogen-bond acceptors (Lipinski definition) is 7. The maximum atomic E-state index is 15.4. The first-order chi connectivity index (χ1) is 25.1. The molecule has 2 aliphatic carbocycles. The third-order valence-corrected chi connectivity index (χ3v) is 11.8. The van der Waals surface area contributed by atoms with Gasteiger partial charge in [-0.3, -0.25) is 19.5 Å². The summed E-state index contributed by atoms with van der Waals surface area (Å²) in [5.41, 5.74) is 0.317. The van der Waals surface area contributed by atoms with E-state index in [1.165, 1.54) is 19.3 Å². The summed E-state index contributed by atoms with van der Waals surface area (Å²) in [6, 6.07) is 5.43. The molecule has 1 saturated heterocycles. The highest BCUT2D eigenvalue weighted by Gasteiger charge is 2.55. The minimum atomic E-state index is -2.79. The summed E-state index contributed by atoms with van der Waals surface area (Å²) >= 11 is 0. The molecule has 2 saturated carbocycles. The maximum Gasteiger partial charge on any atom is 0.261 e. The van der Waals surface area contributed by atoms with Crippen LogP contribution in [0.15, 0.2) is 36.8 Å². The number of pyridine rings is 2. The van der Waals surface area contributed by atoms with E-state index in [4.69, 9.17) is 9.97 Å². The molecule has 0 spiro atoms. The fourth-order valence-corrected chi connectivity index (χ4v) is 8.42. The van der Waals surface area contributed by atoms with E-state index >= 15 is 8.78 Å². The zero-order valence-corrected chi connectivity index (χ0v) is 30.6. The summed E-state index contributed by atoms with van der Waals surface area (Å²) in [6.07, 6.45) is 6.07. The Morgan fingerprint density at radius 2 is 1.70 bits per heavy atom. The number of hydrogen-bond donors (Lipinski definition) is 2. The molecule has 0 radical (unpaired) electrons. The predicted octanol–water partition coefficient (Wildman–Crippen LogP) is 7.65. The molecule has 2 amide bonds. The fourth-order valence-electron chi connectivity index (χ4n) is 8.42. The Morgan fingerprint density at radius 3 is 2.36 bits per heavy atom. The Hall–Kier alpha value is -4.59. The van der Waals surface area contributed by atoms with E-state index < -0.39 is 40.6 Å². The van der Waals surface area contributed by atoms with Crippen molar-refractivity contribution >= 4 is 40.0 Å². The number of fused-ring (bicyclic) bond motifs is 2. The van der Waals surface area contributed by atoms with Crippen molar-refractivity contribution in [3.63, 3.8) is 0 Å². The van der Waals surface area contributed by atoms with E-state index in [1.807, 2.05) is 43.2 Å². The van der Waals surface area contributed by atoms with E-state index in [2.05, 4.69) is 27.4 Å². The quantitative estimate of drug-likeness (QED) is 0.170. The van der Waals surface area contributed by atoms with E-state index in [1.54, 1.807) is 18.6 Å². The Labute approximate surface area is 305 Å². The lowest BCUT2D eigenvalue weighted by Crippen LogP contribution is -2.64. The number of carbonyl (C=O) groups is 2. The van der Waals surface area contributed by atoms with Gasteiger partial charge in [-0.1, -0.05) is 6.42 Å². The summed E-state index contributed by atoms with van der Waals surface area (Å²) in [5, 5.41) is 5.20. The van der Waals surface area contributed by atoms with Crippen molar-refractivity contribution in [1.29, 1.82) is 0 Å². The average molecular weight is 733 g/mol. The van der Waals surface area contributed by atoms with Gasteiger partial charge in [-0.15, -0.1) is 0 Å². The molecule has 10 nitrogen and oxygen atoms in total. The lowest BCUT2D eigenvalue weighted by atomic mass is 9.71. The Morgan fingerprint density at radius 1 is 0.981 bits per heavy atom. The zero-order chi connectivity index (χ0) is 37.6. The van der Waals surface area contributed by atoms with Crippen LogP contribution in [0.5, 0.6) is 0 Å². The van der Waals surface area contributed by atoms with Crippen LogP contribution in [-0.2, 0) is 10.2 Å². The number of carbonyl (C=O) groups excluding carboxylic acids is 2. The van der Waals surface area contributed by atoms with E-state index in [0.29, 0.717) is 34.1 Å². The molecule has 0 bridgehead atoms. The molecule has 14 heteroatoms. The molecule has 4 aliphatic rings. The van der Waals surface area contributed by atoms with Gasteiger partial charge in [0.15, 0.2) is 17.5 Å². The third kappa shape index (κ3) is 5.84. The monoisotopic (exact) mass is 732 g/mol. The highest BCUT2D eigenvalue weighted by Crippen LogP contribution is 2.50. The van der Waals surface area contributed by atoms with Gasteiger partial charge in [0.05, 0.1) is 40.0 Å². The average Bonchev–Trinajstić information content (AvgIpc) is 3.72. The Balaban J connectivity index is 1.16. The Kier molecular flexibility index (Phi) is 8.35. The van der Waals surface area contributed by atoms with Crippen molar-refractivity contribution in [1.82, 2.24) is 29.7 Å². The molecular weight excluding hydrogens is 688 g/mol. The van der Waals surface area contributed by atoms with Crippen LogP contribution in [0, 0.1) is 11.6 Å². The summed E-state index contributed by atoms with van der Waals surface area (Å²) in [6.45, 7) is 12.1. The minimum Gasteiger partial charge on any atom is -0.341 e. The number of piperidine rings is 1. The highest BCUT2D eigenvalue weighted by atomic mass is 19.3. The normalized spacial score (nSPS) is 23.4. The maximum absolute atomic E-state index is 15.4. The second kappa shape index (κ2) is 12.5. The van der Waals surface area contributed by atoms with Gasteiger partial charge >= 0.3 is 0 Å². The predicted molar refractivity (Wildman–Crippen MR) is 194 cm³/mol. The molecule has 0 atom stereocenters. The smallest absolute Gasteiger partial charge is 0.261 e. The first-order valence-corrected chi connectivity index (χ1v) is 18.5. The van der Waals surface area contributed by atoms with E-state index in [0.717, 1.165) is 37.7 Å². The third-order valence-electron chi connectivity index (χ3n) is 11.8. The number of nitrogens with zero attached hydrogens (tertiary/aromatic N) is 6. The first kappa shape index (κ1) is 35.4. The number of aromatic nitrogens is 4. The molecular formula is C39H44F4N8O2. The molecule has 0 unspecified atom stereocenters. The first-order valence-electron chi connectivity index (χ1n) is 18.5. The fraction of sp³-hybridized carbons (Fsp3) is 0.513. The summed E-state index contributed by atoms with van der Waals surface area (Å²) in [7, 11) is 0. The summed E-state index contributed by atoms with van der Waals surface area (Å²) < 4.78 is 59.4. The van der Waals surface area contributed by atoms with Gasteiger partial charge in [-0.25, -0.2) is 27.5 Å². The molecule has 4 aromatic rings. The number of halogens is 4. The lowest BCUT2D eigenvalue weighted by molar-refractivity contribution is -0.123. The van der Waals surface area contributed by atoms with Crippen molar-refractivity contribution < 1.29 is 27.2 Å². The van der Waals surface area contributed by atoms with Gasteiger partial charge in [0.1, 0.15) is 11.1 Å². The minimum absolute atomic E-state index is 0.00636. The molecule has 3 fully saturated rings. The van der Waals surface area contributed by atoms with Crippen molar-refractivity contribution in [3.05, 3.63) is 59.7 Å². The van der Waals surface area contributed by atoms with Crippen molar-refractivity contribution in [3.8, 4) is 11.3 Å². The van der Waals surface area contributed by atoms with E-state index in [9.17, 15) is 18.4 Å². The van der Waals surface area contributed by atoms with Crippen LogP contribution in [0.3, 0.4) is 0 Å². The number of rotatable bonds is 9. The van der Waals surface area contributed by atoms with Crippen molar-refractivity contribution in [2.24, 2.45) is 0 Å². The largest absolute Gasteiger partial charge is 0.341 e. The van der Waals surface area contributed by atoms with Crippen LogP contribution in [0.2, 0.25) is 0 Å². The molecule has 53 heavy (non-hydrogen) atoms. The number of alkyl halides is 2. The van der Waals surface area contributed by atoms with Crippen molar-refractivity contribution in [2.75, 3.05) is 23.3 Å². The second-order valence-electron chi connectivity index (χ2n) is 16.3. The summed E-state index contributed by atoms with van der Waals surface area (Å²) in [4.78, 5) is 45.8. The van der Waals surface area contributed by atoms with Crippen LogP contribution < -0.4 is 15.5 Å². The Bertz CT molecular complexity index is 2130. The van der Waals surface area contributed by atoms with Gasteiger partial charge in [0, 0.05) is 34.9 Å². The SMILES string of the molecule is CC(C)n1cnc2cc(-c3cnc4c(c3)N([C@H]3C[C@@](C)(N5CCCCC5)C3)C(=O)C4(C)C)nc(Nc3cc(C(=O)NC4(C(F)F)CC4)cc(F)c3F)c21. The zero-order valence-electron chi connectivity index (χ0n) is 30.6. The standard InChI is InChI=1S/C39H44F4N8O2/c1-21(2)50-20-45-28-16-26(46-33(31(28)50)47-27-14-22(13-25(40)30(27)41)34(52)48-39(9-10-39)35(42)43)23-15-29-32(44-19-23)37(3,4)36(53)51(29)24-17-38(5,18-24)49-11-7-6-8-12-49/h13-16,19-21,24,35H,6-12,17-18H2,1-5H3,(H,46,47)(H,48,52)/t24-,38+. The van der Waals surface area contributed by atoms with Gasteiger partial charge in [-0.05, 0) is 110 Å². The summed E-state index contributed by atoms with van der Waals surface area (Å²) in [5.74, 6) is -3.38. The van der Waals surface area contributed by atoms with Crippen molar-refractivity contribution in [2.45, 2.75) is 115 Å². The number of benzene rings is 1. The number of likely N-dealkylation sites (tertiary alicyclic amines) is 1. The van der Waals surface area contributed by atoms with Gasteiger partial charge in [-0.2, -0.15) is 0 Å². The molecule has 5 heterocycles. The molecule has 2 N–H and O–H groups in total. The van der Waals surface area contributed by atoms with Crippen LogP contribution in [-0.4, -0.2) is 72.9 Å². The van der Waals surface area contributed by atoms with Crippen LogP contribution in [0.1, 0.15) is 102 Å². The number of anilines is 3. The highest BCUT2D eigenvalue weighted by molar-refractivity contribution is 6.08. The number of amides is 2. The molecule has 3 aromatic heterocycles. The van der Waals surface area contributed by atoms with Gasteiger partial charge in [0.2, 0.25) is 5.91 Å². The van der Waals surface area contributed by atoms with Gasteiger partial charge in [0.25, 0.3) is 12.3 Å². The van der Waals surface area contributed by atoms with Crippen LogP contribution in [0.4, 0.5) is 34.8 Å². The number of nitrogens with one attached hydrogen (secondary N) is 2. The topological polar surface area (TPSA) is 108 Å². The number of imidazole rings is 1. The molecule has 8 rings (SSSR count). The molecule has 280 valence electrons. The van der Waals surface area contributed by atoms with Gasteiger partial charge < -0.3 is 20.1 Å². The van der Waals surface area contributed by atoms with Crippen LogP contribution in [0.25, 0.3) is 22.3 Å². The van der Waals surface area contributed by atoms with E-state index in [-0.39, 0.29) is 47.8 Å².